The van der Waals surface area contributed by atoms with Gasteiger partial charge in [0.2, 0.25) is 0 Å². The molecule has 0 spiro atoms. The van der Waals surface area contributed by atoms with Crippen molar-refractivity contribution in [1.29, 1.82) is 0 Å². The van der Waals surface area contributed by atoms with Crippen molar-refractivity contribution in [3.8, 4) is 11.5 Å². The summed E-state index contributed by atoms with van der Waals surface area (Å²) in [6.07, 6.45) is 0. The van der Waals surface area contributed by atoms with E-state index >= 15 is 0 Å². The van der Waals surface area contributed by atoms with Crippen molar-refractivity contribution in [2.24, 2.45) is 0 Å². The summed E-state index contributed by atoms with van der Waals surface area (Å²) in [6, 6.07) is 7.74. The SMILES string of the molecule is COc1ccc2c(C)c(N)ccc2c1OC. The summed E-state index contributed by atoms with van der Waals surface area (Å²) in [5, 5.41) is 2.12. The Morgan fingerprint density at radius 1 is 0.938 bits per heavy atom. The number of aryl methyl sites for hydroxylation is 1. The zero-order valence-corrected chi connectivity index (χ0v) is 9.70. The number of methoxy groups -OCH3 is 2. The van der Waals surface area contributed by atoms with Crippen LogP contribution >= 0.6 is 0 Å². The van der Waals surface area contributed by atoms with Crippen molar-refractivity contribution < 1.29 is 9.47 Å². The molecule has 0 aromatic heterocycles. The molecule has 0 saturated carbocycles. The molecule has 0 aliphatic heterocycles. The second kappa shape index (κ2) is 3.93. The van der Waals surface area contributed by atoms with Gasteiger partial charge in [-0.2, -0.15) is 0 Å². The van der Waals surface area contributed by atoms with Crippen LogP contribution < -0.4 is 15.2 Å². The van der Waals surface area contributed by atoms with Gasteiger partial charge < -0.3 is 15.2 Å². The molecule has 16 heavy (non-hydrogen) atoms. The molecule has 0 heterocycles. The molecular weight excluding hydrogens is 202 g/mol. The first-order valence-electron chi connectivity index (χ1n) is 5.08. The van der Waals surface area contributed by atoms with E-state index in [4.69, 9.17) is 15.2 Å². The smallest absolute Gasteiger partial charge is 0.168 e. The van der Waals surface area contributed by atoms with E-state index in [-0.39, 0.29) is 0 Å². The van der Waals surface area contributed by atoms with Gasteiger partial charge in [-0.25, -0.2) is 0 Å². The van der Waals surface area contributed by atoms with Crippen LogP contribution in [0.2, 0.25) is 0 Å². The maximum atomic E-state index is 5.88. The fourth-order valence-electron chi connectivity index (χ4n) is 1.90. The zero-order chi connectivity index (χ0) is 11.7. The third kappa shape index (κ3) is 1.45. The molecule has 0 fully saturated rings. The average molecular weight is 217 g/mol. The van der Waals surface area contributed by atoms with Gasteiger partial charge >= 0.3 is 0 Å². The van der Waals surface area contributed by atoms with E-state index in [2.05, 4.69) is 0 Å². The molecule has 0 aliphatic rings. The third-order valence-electron chi connectivity index (χ3n) is 2.85. The van der Waals surface area contributed by atoms with Crippen molar-refractivity contribution >= 4 is 16.5 Å². The molecule has 3 nitrogen and oxygen atoms in total. The molecule has 0 aliphatic carbocycles. The Kier molecular flexibility index (Phi) is 2.60. The quantitative estimate of drug-likeness (QED) is 0.787. The highest BCUT2D eigenvalue weighted by atomic mass is 16.5. The lowest BCUT2D eigenvalue weighted by molar-refractivity contribution is 0.358. The van der Waals surface area contributed by atoms with Gasteiger partial charge in [0, 0.05) is 11.1 Å². The predicted octanol–water partition coefficient (Wildman–Crippen LogP) is 2.75. The van der Waals surface area contributed by atoms with Crippen LogP contribution in [0.5, 0.6) is 11.5 Å². The van der Waals surface area contributed by atoms with Crippen molar-refractivity contribution in [1.82, 2.24) is 0 Å². The van der Waals surface area contributed by atoms with Crippen LogP contribution in [-0.2, 0) is 0 Å². The normalized spacial score (nSPS) is 10.4. The molecule has 0 radical (unpaired) electrons. The Morgan fingerprint density at radius 2 is 1.62 bits per heavy atom. The van der Waals surface area contributed by atoms with Gasteiger partial charge in [-0.1, -0.05) is 6.07 Å². The van der Waals surface area contributed by atoms with E-state index in [9.17, 15) is 0 Å². The summed E-state index contributed by atoms with van der Waals surface area (Å²) in [6.45, 7) is 2.00. The van der Waals surface area contributed by atoms with E-state index < -0.39 is 0 Å². The fraction of sp³-hybridized carbons (Fsp3) is 0.231. The molecule has 0 saturated heterocycles. The lowest BCUT2D eigenvalue weighted by Crippen LogP contribution is -1.94. The standard InChI is InChI=1S/C13H15NO2/c1-8-9-5-7-12(15-2)13(16-3)10(9)4-6-11(8)14/h4-7H,14H2,1-3H3. The lowest BCUT2D eigenvalue weighted by Gasteiger charge is -2.12. The molecule has 0 atom stereocenters. The second-order valence-corrected chi connectivity index (χ2v) is 3.68. The summed E-state index contributed by atoms with van der Waals surface area (Å²) in [5.41, 5.74) is 7.74. The van der Waals surface area contributed by atoms with Gasteiger partial charge in [0.25, 0.3) is 0 Å². The van der Waals surface area contributed by atoms with Crippen LogP contribution in [0.1, 0.15) is 5.56 Å². The molecule has 2 rings (SSSR count). The van der Waals surface area contributed by atoms with E-state index in [1.807, 2.05) is 31.2 Å². The van der Waals surface area contributed by atoms with Crippen LogP contribution in [-0.4, -0.2) is 14.2 Å². The van der Waals surface area contributed by atoms with Crippen LogP contribution in [0.15, 0.2) is 24.3 Å². The summed E-state index contributed by atoms with van der Waals surface area (Å²) >= 11 is 0. The van der Waals surface area contributed by atoms with E-state index in [1.165, 1.54) is 0 Å². The van der Waals surface area contributed by atoms with Gasteiger partial charge in [0.05, 0.1) is 14.2 Å². The van der Waals surface area contributed by atoms with Crippen molar-refractivity contribution in [2.45, 2.75) is 6.92 Å². The topological polar surface area (TPSA) is 44.5 Å². The first-order valence-corrected chi connectivity index (χ1v) is 5.08. The molecule has 2 N–H and O–H groups in total. The van der Waals surface area contributed by atoms with E-state index in [1.54, 1.807) is 14.2 Å². The predicted molar refractivity (Wildman–Crippen MR) is 66.2 cm³/mol. The number of anilines is 1. The number of hydrogen-bond donors (Lipinski definition) is 1. The largest absolute Gasteiger partial charge is 0.493 e. The second-order valence-electron chi connectivity index (χ2n) is 3.68. The lowest BCUT2D eigenvalue weighted by atomic mass is 10.0. The maximum Gasteiger partial charge on any atom is 0.168 e. The van der Waals surface area contributed by atoms with Crippen molar-refractivity contribution in [3.05, 3.63) is 29.8 Å². The number of benzene rings is 2. The van der Waals surface area contributed by atoms with E-state index in [0.717, 1.165) is 33.5 Å². The number of ether oxygens (including phenoxy) is 2. The van der Waals surface area contributed by atoms with Gasteiger partial charge in [0.15, 0.2) is 11.5 Å². The van der Waals surface area contributed by atoms with E-state index in [0.29, 0.717) is 0 Å². The maximum absolute atomic E-state index is 5.88. The monoisotopic (exact) mass is 217 g/mol. The first-order chi connectivity index (χ1) is 7.69. The van der Waals surface area contributed by atoms with Gasteiger partial charge in [-0.3, -0.25) is 0 Å². The van der Waals surface area contributed by atoms with Gasteiger partial charge in [-0.05, 0) is 36.1 Å². The Morgan fingerprint density at radius 3 is 2.25 bits per heavy atom. The Hall–Kier alpha value is -1.90. The first kappa shape index (κ1) is 10.6. The number of hydrogen-bond acceptors (Lipinski definition) is 3. The minimum atomic E-state index is 0.735. The fourth-order valence-corrected chi connectivity index (χ4v) is 1.90. The average Bonchev–Trinajstić information content (AvgIpc) is 2.32. The minimum absolute atomic E-state index is 0.735. The summed E-state index contributed by atoms with van der Waals surface area (Å²) in [4.78, 5) is 0. The molecule has 0 bridgehead atoms. The van der Waals surface area contributed by atoms with Crippen LogP contribution in [0.4, 0.5) is 5.69 Å². The van der Waals surface area contributed by atoms with Crippen molar-refractivity contribution in [2.75, 3.05) is 20.0 Å². The molecule has 2 aromatic rings. The molecule has 0 amide bonds. The highest BCUT2D eigenvalue weighted by Crippen LogP contribution is 2.37. The number of rotatable bonds is 2. The number of nitrogens with two attached hydrogens (primary N) is 1. The minimum Gasteiger partial charge on any atom is -0.493 e. The number of fused-ring (bicyclic) bond motifs is 1. The third-order valence-corrected chi connectivity index (χ3v) is 2.85. The van der Waals surface area contributed by atoms with Crippen LogP contribution in [0.25, 0.3) is 10.8 Å². The van der Waals surface area contributed by atoms with Crippen molar-refractivity contribution in [3.63, 3.8) is 0 Å². The number of nitrogen functional groups attached to an aromatic ring is 1. The molecule has 3 heteroatoms. The molecular formula is C13H15NO2. The van der Waals surface area contributed by atoms with Crippen LogP contribution in [0, 0.1) is 6.92 Å². The summed E-state index contributed by atoms with van der Waals surface area (Å²) < 4.78 is 10.6. The van der Waals surface area contributed by atoms with Gasteiger partial charge in [0.1, 0.15) is 0 Å². The molecule has 0 unspecified atom stereocenters. The summed E-state index contributed by atoms with van der Waals surface area (Å²) in [7, 11) is 3.27. The Bertz CT molecular complexity index is 535. The van der Waals surface area contributed by atoms with Gasteiger partial charge in [-0.15, -0.1) is 0 Å². The molecule has 84 valence electrons. The highest BCUT2D eigenvalue weighted by Gasteiger charge is 2.10. The Labute approximate surface area is 94.8 Å². The molecule has 2 aromatic carbocycles. The summed E-state index contributed by atoms with van der Waals surface area (Å²) in [5.74, 6) is 1.49. The van der Waals surface area contributed by atoms with Crippen LogP contribution in [0.3, 0.4) is 0 Å². The zero-order valence-electron chi connectivity index (χ0n) is 9.70. The highest BCUT2D eigenvalue weighted by molar-refractivity contribution is 5.95. The Balaban J connectivity index is 2.84.